The zero-order valence-electron chi connectivity index (χ0n) is 14.9. The first-order valence-electron chi connectivity index (χ1n) is 8.15. The van der Waals surface area contributed by atoms with E-state index in [0.29, 0.717) is 10.9 Å². The van der Waals surface area contributed by atoms with E-state index in [2.05, 4.69) is 53.1 Å². The maximum atomic E-state index is 13.4. The smallest absolute Gasteiger partial charge is 0.308 e. The van der Waals surface area contributed by atoms with Crippen molar-refractivity contribution in [2.24, 2.45) is 0 Å². The number of benzene rings is 2. The van der Waals surface area contributed by atoms with Crippen LogP contribution >= 0.6 is 22.6 Å². The summed E-state index contributed by atoms with van der Waals surface area (Å²) in [6, 6.07) is 11.9. The summed E-state index contributed by atoms with van der Waals surface area (Å²) < 4.78 is 40.1. The molecule has 0 amide bonds. The van der Waals surface area contributed by atoms with Gasteiger partial charge in [-0.2, -0.15) is 13.2 Å². The molecule has 3 N–H and O–H groups in total. The topological polar surface area (TPSA) is 99.3 Å². The highest BCUT2D eigenvalue weighted by molar-refractivity contribution is 14.1. The van der Waals surface area contributed by atoms with Crippen LogP contribution < -0.4 is 11.0 Å². The highest BCUT2D eigenvalue weighted by Gasteiger charge is 2.34. The largest absolute Gasteiger partial charge is 0.417 e. The number of hydrogen-bond acceptors (Lipinski definition) is 5. The molecule has 2 aromatic heterocycles. The third-order valence-corrected chi connectivity index (χ3v) is 3.81. The number of nitrogens with zero attached hydrogens (tertiary/aromatic N) is 3. The SMILES string of the molecule is CI.O=c1[nH]nc(Nc2nc(-c3ccccc3C(F)(F)F)nc3ccccc23)[nH]1. The molecule has 0 aliphatic carbocycles. The molecular formula is C18H14F3IN6O. The van der Waals surface area contributed by atoms with Crippen molar-refractivity contribution in [1.29, 1.82) is 0 Å². The molecule has 0 bridgehead atoms. The lowest BCUT2D eigenvalue weighted by Gasteiger charge is -2.13. The Morgan fingerprint density at radius 1 is 1.00 bits per heavy atom. The van der Waals surface area contributed by atoms with Crippen molar-refractivity contribution in [2.45, 2.75) is 6.18 Å². The monoisotopic (exact) mass is 514 g/mol. The number of hydrogen-bond donors (Lipinski definition) is 3. The summed E-state index contributed by atoms with van der Waals surface area (Å²) in [5.74, 6) is 0.205. The van der Waals surface area contributed by atoms with Gasteiger partial charge in [-0.15, -0.1) is 5.10 Å². The van der Waals surface area contributed by atoms with Gasteiger partial charge in [0.1, 0.15) is 5.82 Å². The Bertz CT molecular complexity index is 1190. The van der Waals surface area contributed by atoms with Crippen molar-refractivity contribution in [3.05, 3.63) is 64.6 Å². The molecule has 0 fully saturated rings. The molecule has 0 aliphatic heterocycles. The van der Waals surface area contributed by atoms with Gasteiger partial charge in [-0.1, -0.05) is 52.9 Å². The first kappa shape index (κ1) is 20.8. The standard InChI is InChI=1S/C17H11F3N6O.CH3I/c18-17(19,20)11-7-3-1-5-9(11)13-21-12-8-4-2-6-10(12)14(22-13)23-15-24-16(27)26-25-15;1-2/h1-8H,(H3,21,22,23,24,25,26,27);1H3. The van der Waals surface area contributed by atoms with Gasteiger partial charge >= 0.3 is 11.9 Å². The average molecular weight is 514 g/mol. The van der Waals surface area contributed by atoms with E-state index < -0.39 is 17.4 Å². The Morgan fingerprint density at radius 3 is 2.38 bits per heavy atom. The lowest BCUT2D eigenvalue weighted by Crippen LogP contribution is -2.09. The fourth-order valence-electron chi connectivity index (χ4n) is 2.66. The quantitative estimate of drug-likeness (QED) is 0.276. The van der Waals surface area contributed by atoms with E-state index in [1.54, 1.807) is 24.3 Å². The minimum absolute atomic E-state index is 0.0823. The second kappa shape index (κ2) is 8.59. The van der Waals surface area contributed by atoms with Gasteiger partial charge in [-0.25, -0.2) is 19.9 Å². The molecule has 2 aromatic carbocycles. The first-order chi connectivity index (χ1) is 13.9. The van der Waals surface area contributed by atoms with Crippen LogP contribution in [0, 0.1) is 0 Å². The third-order valence-electron chi connectivity index (χ3n) is 3.81. The van der Waals surface area contributed by atoms with Crippen LogP contribution in [0.5, 0.6) is 0 Å². The van der Waals surface area contributed by atoms with Crippen molar-refractivity contribution in [3.63, 3.8) is 0 Å². The summed E-state index contributed by atoms with van der Waals surface area (Å²) in [6.07, 6.45) is -4.55. The van der Waals surface area contributed by atoms with Crippen molar-refractivity contribution < 1.29 is 13.2 Å². The van der Waals surface area contributed by atoms with E-state index in [1.165, 1.54) is 18.2 Å². The number of aromatic amines is 2. The number of H-pyrrole nitrogens is 2. The molecule has 0 aliphatic rings. The van der Waals surface area contributed by atoms with Crippen molar-refractivity contribution in [3.8, 4) is 11.4 Å². The summed E-state index contributed by atoms with van der Waals surface area (Å²) in [5, 5.41) is 9.30. The second-order valence-corrected chi connectivity index (χ2v) is 5.61. The number of aromatic nitrogens is 5. The summed E-state index contributed by atoms with van der Waals surface area (Å²) >= 11 is 2.15. The summed E-state index contributed by atoms with van der Waals surface area (Å²) in [4.78, 5) is 24.1. The van der Waals surface area contributed by atoms with Crippen molar-refractivity contribution in [1.82, 2.24) is 25.1 Å². The maximum Gasteiger partial charge on any atom is 0.417 e. The summed E-state index contributed by atoms with van der Waals surface area (Å²) in [5.41, 5.74) is -1.06. The minimum atomic E-state index is -4.55. The molecule has 0 unspecified atom stereocenters. The van der Waals surface area contributed by atoms with Crippen LogP contribution in [0.1, 0.15) is 5.56 Å². The Hall–Kier alpha value is -2.96. The number of rotatable bonds is 3. The van der Waals surface area contributed by atoms with Crippen LogP contribution in [-0.4, -0.2) is 30.1 Å². The Balaban J connectivity index is 0.00000117. The molecule has 0 saturated carbocycles. The fraction of sp³-hybridized carbons (Fsp3) is 0.111. The minimum Gasteiger partial charge on any atom is -0.308 e. The molecule has 0 spiro atoms. The second-order valence-electron chi connectivity index (χ2n) is 5.61. The molecule has 29 heavy (non-hydrogen) atoms. The molecule has 4 aromatic rings. The molecule has 0 radical (unpaired) electrons. The first-order valence-corrected chi connectivity index (χ1v) is 10.3. The molecule has 7 nitrogen and oxygen atoms in total. The normalized spacial score (nSPS) is 11.1. The lowest BCUT2D eigenvalue weighted by atomic mass is 10.1. The number of nitrogens with one attached hydrogen (secondary N) is 3. The Morgan fingerprint density at radius 2 is 1.69 bits per heavy atom. The van der Waals surface area contributed by atoms with Gasteiger partial charge in [0.05, 0.1) is 11.1 Å². The molecule has 11 heteroatoms. The molecule has 0 saturated heterocycles. The zero-order chi connectivity index (χ0) is 21.0. The Kier molecular flexibility index (Phi) is 6.15. The Labute approximate surface area is 175 Å². The number of fused-ring (bicyclic) bond motifs is 1. The van der Waals surface area contributed by atoms with Gasteiger partial charge in [0.15, 0.2) is 5.82 Å². The molecular weight excluding hydrogens is 500 g/mol. The number of para-hydroxylation sites is 1. The molecule has 2 heterocycles. The van der Waals surface area contributed by atoms with Crippen molar-refractivity contribution >= 4 is 45.3 Å². The van der Waals surface area contributed by atoms with Crippen LogP contribution in [0.2, 0.25) is 0 Å². The van der Waals surface area contributed by atoms with E-state index in [-0.39, 0.29) is 23.2 Å². The van der Waals surface area contributed by atoms with Gasteiger partial charge in [-0.05, 0) is 23.1 Å². The fourth-order valence-corrected chi connectivity index (χ4v) is 2.66. The number of anilines is 2. The predicted molar refractivity (Wildman–Crippen MR) is 112 cm³/mol. The van der Waals surface area contributed by atoms with Crippen LogP contribution in [0.4, 0.5) is 24.9 Å². The van der Waals surface area contributed by atoms with Gasteiger partial charge in [0, 0.05) is 10.9 Å². The van der Waals surface area contributed by atoms with E-state index >= 15 is 0 Å². The van der Waals surface area contributed by atoms with Crippen LogP contribution in [0.25, 0.3) is 22.3 Å². The van der Waals surface area contributed by atoms with Crippen LogP contribution in [0.3, 0.4) is 0 Å². The number of halogens is 4. The highest BCUT2D eigenvalue weighted by Crippen LogP contribution is 2.37. The number of alkyl halides is 4. The third kappa shape index (κ3) is 4.55. The van der Waals surface area contributed by atoms with E-state index in [1.807, 2.05) is 4.93 Å². The maximum absolute atomic E-state index is 13.4. The van der Waals surface area contributed by atoms with E-state index in [9.17, 15) is 18.0 Å². The summed E-state index contributed by atoms with van der Waals surface area (Å²) in [6.45, 7) is 0. The van der Waals surface area contributed by atoms with Gasteiger partial charge < -0.3 is 5.32 Å². The molecule has 150 valence electrons. The predicted octanol–water partition coefficient (Wildman–Crippen LogP) is 4.52. The van der Waals surface area contributed by atoms with E-state index in [0.717, 1.165) is 6.07 Å². The average Bonchev–Trinajstić information content (AvgIpc) is 3.13. The van der Waals surface area contributed by atoms with Gasteiger partial charge in [0.25, 0.3) is 0 Å². The summed E-state index contributed by atoms with van der Waals surface area (Å²) in [7, 11) is 0. The van der Waals surface area contributed by atoms with Crippen LogP contribution in [0.15, 0.2) is 53.3 Å². The van der Waals surface area contributed by atoms with Crippen molar-refractivity contribution in [2.75, 3.05) is 10.2 Å². The highest BCUT2D eigenvalue weighted by atomic mass is 127. The molecule has 4 rings (SSSR count). The van der Waals surface area contributed by atoms with Crippen LogP contribution in [-0.2, 0) is 6.18 Å². The zero-order valence-corrected chi connectivity index (χ0v) is 17.0. The van der Waals surface area contributed by atoms with Gasteiger partial charge in [0.2, 0.25) is 5.95 Å². The van der Waals surface area contributed by atoms with E-state index in [4.69, 9.17) is 0 Å². The van der Waals surface area contributed by atoms with Gasteiger partial charge in [-0.3, -0.25) is 4.98 Å². The lowest BCUT2D eigenvalue weighted by molar-refractivity contribution is -0.137. The molecule has 0 atom stereocenters.